The summed E-state index contributed by atoms with van der Waals surface area (Å²) in [4.78, 5) is 27.3. The van der Waals surface area contributed by atoms with Crippen molar-refractivity contribution in [3.8, 4) is 5.75 Å². The zero-order chi connectivity index (χ0) is 26.2. The molecule has 192 valence electrons. The van der Waals surface area contributed by atoms with Crippen molar-refractivity contribution < 1.29 is 22.7 Å². The highest BCUT2D eigenvalue weighted by atomic mass is 35.5. The number of nitrogens with zero attached hydrogens (tertiary/aromatic N) is 2. The normalized spacial score (nSPS) is 12.1. The van der Waals surface area contributed by atoms with Gasteiger partial charge in [0.25, 0.3) is 0 Å². The fraction of sp³-hybridized carbons (Fsp3) is 0.417. The Morgan fingerprint density at radius 2 is 1.71 bits per heavy atom. The molecule has 0 radical (unpaired) electrons. The molecular formula is C24H31Cl2N3O5S. The molecule has 1 atom stereocenters. The molecular weight excluding hydrogens is 513 g/mol. The van der Waals surface area contributed by atoms with E-state index in [1.165, 1.54) is 23.4 Å². The van der Waals surface area contributed by atoms with E-state index in [2.05, 4.69) is 5.32 Å². The van der Waals surface area contributed by atoms with E-state index in [0.717, 1.165) is 6.26 Å². The first-order chi connectivity index (χ1) is 16.5. The molecule has 0 saturated carbocycles. The van der Waals surface area contributed by atoms with Crippen molar-refractivity contribution in [2.75, 3.05) is 31.3 Å². The van der Waals surface area contributed by atoms with E-state index in [-0.39, 0.29) is 37.7 Å². The Morgan fingerprint density at radius 1 is 1.09 bits per heavy atom. The quantitative estimate of drug-likeness (QED) is 0.434. The number of nitrogens with one attached hydrogen (secondary N) is 1. The van der Waals surface area contributed by atoms with Crippen LogP contribution in [-0.2, 0) is 26.2 Å². The monoisotopic (exact) mass is 543 g/mol. The van der Waals surface area contributed by atoms with Gasteiger partial charge in [-0.05, 0) is 37.1 Å². The predicted molar refractivity (Wildman–Crippen MR) is 140 cm³/mol. The number of sulfonamides is 1. The van der Waals surface area contributed by atoms with Crippen molar-refractivity contribution >= 4 is 50.7 Å². The summed E-state index contributed by atoms with van der Waals surface area (Å²) in [6, 6.07) is 11.1. The van der Waals surface area contributed by atoms with E-state index in [9.17, 15) is 18.0 Å². The Kier molecular flexibility index (Phi) is 10.7. The lowest BCUT2D eigenvalue weighted by molar-refractivity contribution is -0.141. The Morgan fingerprint density at radius 3 is 2.26 bits per heavy atom. The van der Waals surface area contributed by atoms with E-state index < -0.39 is 16.1 Å². The summed E-state index contributed by atoms with van der Waals surface area (Å²) >= 11 is 12.6. The molecule has 2 amide bonds. The molecule has 1 N–H and O–H groups in total. The molecule has 0 saturated heterocycles. The number of methoxy groups -OCH3 is 1. The number of rotatable bonds is 12. The third kappa shape index (κ3) is 7.49. The Bertz CT molecular complexity index is 1120. The van der Waals surface area contributed by atoms with Gasteiger partial charge in [-0.25, -0.2) is 8.42 Å². The molecule has 0 heterocycles. The summed E-state index contributed by atoms with van der Waals surface area (Å²) < 4.78 is 31.5. The van der Waals surface area contributed by atoms with Crippen molar-refractivity contribution in [2.24, 2.45) is 0 Å². The zero-order valence-corrected chi connectivity index (χ0v) is 22.6. The molecule has 0 aliphatic heterocycles. The largest absolute Gasteiger partial charge is 0.495 e. The minimum Gasteiger partial charge on any atom is -0.495 e. The molecule has 2 aromatic rings. The van der Waals surface area contributed by atoms with E-state index in [0.29, 0.717) is 33.5 Å². The average Bonchev–Trinajstić information content (AvgIpc) is 2.82. The van der Waals surface area contributed by atoms with Crippen LogP contribution >= 0.6 is 23.2 Å². The lowest BCUT2D eigenvalue weighted by atomic mass is 10.1. The molecule has 8 nitrogen and oxygen atoms in total. The molecule has 2 rings (SSSR count). The van der Waals surface area contributed by atoms with Crippen molar-refractivity contribution in [1.82, 2.24) is 10.2 Å². The number of halogens is 2. The number of likely N-dealkylation sites (N-methyl/N-ethyl adjacent to an activating group) is 1. The van der Waals surface area contributed by atoms with Gasteiger partial charge in [0, 0.05) is 42.2 Å². The Balaban J connectivity index is 2.27. The molecule has 11 heteroatoms. The number of carbonyl (C=O) groups is 2. The minimum absolute atomic E-state index is 0.0106. The Hall–Kier alpha value is -2.49. The number of hydrogen-bond acceptors (Lipinski definition) is 5. The van der Waals surface area contributed by atoms with Gasteiger partial charge in [-0.3, -0.25) is 13.9 Å². The van der Waals surface area contributed by atoms with Crippen molar-refractivity contribution in [3.05, 3.63) is 58.1 Å². The fourth-order valence-electron chi connectivity index (χ4n) is 3.76. The topological polar surface area (TPSA) is 96.0 Å². The standard InChI is InChI=1S/C24H31Cl2N3O5S/c1-5-20(24(31)27-2)28(16-17-18(25)10-8-11-19(17)26)23(30)14-9-15-29(35(4,32)33)21-12-6-7-13-22(21)34-3/h6-8,10-13,20H,5,9,14-16H2,1-4H3,(H,27,31). The second-order valence-corrected chi connectivity index (χ2v) is 10.6. The number of ether oxygens (including phenoxy) is 1. The maximum atomic E-state index is 13.3. The maximum Gasteiger partial charge on any atom is 0.242 e. The third-order valence-electron chi connectivity index (χ3n) is 5.53. The van der Waals surface area contributed by atoms with Crippen molar-refractivity contribution in [3.63, 3.8) is 0 Å². The van der Waals surface area contributed by atoms with Crippen LogP contribution in [0.25, 0.3) is 0 Å². The van der Waals surface area contributed by atoms with Crippen molar-refractivity contribution in [1.29, 1.82) is 0 Å². The predicted octanol–water partition coefficient (Wildman–Crippen LogP) is 4.10. The zero-order valence-electron chi connectivity index (χ0n) is 20.3. The van der Waals surface area contributed by atoms with Gasteiger partial charge in [-0.15, -0.1) is 0 Å². The average molecular weight is 545 g/mol. The fourth-order valence-corrected chi connectivity index (χ4v) is 5.24. The lowest BCUT2D eigenvalue weighted by Crippen LogP contribution is -2.48. The summed E-state index contributed by atoms with van der Waals surface area (Å²) in [5.74, 6) is -0.217. The van der Waals surface area contributed by atoms with Crippen LogP contribution < -0.4 is 14.4 Å². The van der Waals surface area contributed by atoms with Gasteiger partial charge in [0.1, 0.15) is 11.8 Å². The van der Waals surface area contributed by atoms with Crippen LogP contribution in [0.1, 0.15) is 31.7 Å². The highest BCUT2D eigenvalue weighted by Gasteiger charge is 2.29. The number of anilines is 1. The Labute approximate surface area is 217 Å². The maximum absolute atomic E-state index is 13.3. The van der Waals surface area contributed by atoms with Crippen LogP contribution in [-0.4, -0.2) is 58.1 Å². The van der Waals surface area contributed by atoms with Crippen LogP contribution in [0.15, 0.2) is 42.5 Å². The summed E-state index contributed by atoms with van der Waals surface area (Å²) in [5.41, 5.74) is 0.930. The van der Waals surface area contributed by atoms with Crippen LogP contribution in [0.5, 0.6) is 5.75 Å². The van der Waals surface area contributed by atoms with E-state index in [4.69, 9.17) is 27.9 Å². The van der Waals surface area contributed by atoms with E-state index in [1.807, 2.05) is 6.92 Å². The molecule has 1 unspecified atom stereocenters. The second kappa shape index (κ2) is 13.0. The molecule has 35 heavy (non-hydrogen) atoms. The first-order valence-electron chi connectivity index (χ1n) is 11.1. The third-order valence-corrected chi connectivity index (χ3v) is 7.42. The summed E-state index contributed by atoms with van der Waals surface area (Å²) in [6.45, 7) is 1.91. The molecule has 0 aliphatic carbocycles. The molecule has 0 aromatic heterocycles. The number of carbonyl (C=O) groups excluding carboxylic acids is 2. The molecule has 0 bridgehead atoms. The second-order valence-electron chi connectivity index (χ2n) is 7.87. The van der Waals surface area contributed by atoms with E-state index >= 15 is 0 Å². The molecule has 0 spiro atoms. The summed E-state index contributed by atoms with van der Waals surface area (Å²) in [7, 11) is -0.668. The first kappa shape index (κ1) is 28.7. The van der Waals surface area contributed by atoms with Gasteiger partial charge in [0.05, 0.1) is 19.1 Å². The molecule has 0 aliphatic rings. The van der Waals surface area contributed by atoms with Crippen LogP contribution in [0.3, 0.4) is 0 Å². The van der Waals surface area contributed by atoms with Gasteiger partial charge in [0.15, 0.2) is 0 Å². The van der Waals surface area contributed by atoms with Crippen LogP contribution in [0.4, 0.5) is 5.69 Å². The number of para-hydroxylation sites is 2. The van der Waals surface area contributed by atoms with Crippen LogP contribution in [0.2, 0.25) is 10.0 Å². The van der Waals surface area contributed by atoms with Gasteiger partial charge in [0.2, 0.25) is 21.8 Å². The molecule has 0 fully saturated rings. The van der Waals surface area contributed by atoms with Crippen LogP contribution in [0, 0.1) is 0 Å². The van der Waals surface area contributed by atoms with E-state index in [1.54, 1.807) is 42.5 Å². The number of hydrogen-bond donors (Lipinski definition) is 1. The summed E-state index contributed by atoms with van der Waals surface area (Å²) in [5, 5.41) is 3.38. The summed E-state index contributed by atoms with van der Waals surface area (Å²) in [6.07, 6.45) is 1.72. The first-order valence-corrected chi connectivity index (χ1v) is 13.7. The number of benzene rings is 2. The highest BCUT2D eigenvalue weighted by Crippen LogP contribution is 2.30. The minimum atomic E-state index is -3.64. The van der Waals surface area contributed by atoms with Gasteiger partial charge < -0.3 is 15.0 Å². The van der Waals surface area contributed by atoms with Gasteiger partial charge >= 0.3 is 0 Å². The van der Waals surface area contributed by atoms with Crippen molar-refractivity contribution in [2.45, 2.75) is 38.8 Å². The molecule has 2 aromatic carbocycles. The SMILES string of the molecule is CCC(C(=O)NC)N(Cc1c(Cl)cccc1Cl)C(=O)CCCN(c1ccccc1OC)S(C)(=O)=O. The number of amides is 2. The van der Waals surface area contributed by atoms with Gasteiger partial charge in [-0.2, -0.15) is 0 Å². The lowest BCUT2D eigenvalue weighted by Gasteiger charge is -2.31. The highest BCUT2D eigenvalue weighted by molar-refractivity contribution is 7.92. The smallest absolute Gasteiger partial charge is 0.242 e. The van der Waals surface area contributed by atoms with Gasteiger partial charge in [-0.1, -0.05) is 48.3 Å².